The van der Waals surface area contributed by atoms with E-state index in [9.17, 15) is 4.79 Å². The lowest BCUT2D eigenvalue weighted by molar-refractivity contribution is -0.121. The maximum Gasteiger partial charge on any atom is 0.234 e. The molecule has 19 heavy (non-hydrogen) atoms. The molecule has 1 saturated carbocycles. The molecule has 0 radical (unpaired) electrons. The van der Waals surface area contributed by atoms with Gasteiger partial charge in [-0.25, -0.2) is 0 Å². The van der Waals surface area contributed by atoms with Crippen LogP contribution in [-0.4, -0.2) is 37.1 Å². The molecule has 0 bridgehead atoms. The third kappa shape index (κ3) is 4.46. The van der Waals surface area contributed by atoms with Crippen LogP contribution in [0.25, 0.3) is 0 Å². The van der Waals surface area contributed by atoms with E-state index in [0.29, 0.717) is 24.5 Å². The van der Waals surface area contributed by atoms with E-state index in [4.69, 9.17) is 0 Å². The molecule has 0 aromatic heterocycles. The van der Waals surface area contributed by atoms with Crippen molar-refractivity contribution in [1.29, 1.82) is 0 Å². The van der Waals surface area contributed by atoms with E-state index in [1.807, 2.05) is 13.8 Å². The molecule has 3 atom stereocenters. The minimum Gasteiger partial charge on any atom is -0.353 e. The van der Waals surface area contributed by atoms with Gasteiger partial charge in [0, 0.05) is 18.1 Å². The Balaban J connectivity index is 1.80. The van der Waals surface area contributed by atoms with Gasteiger partial charge >= 0.3 is 0 Å². The van der Waals surface area contributed by atoms with E-state index < -0.39 is 0 Å². The predicted molar refractivity (Wildman–Crippen MR) is 78.1 cm³/mol. The van der Waals surface area contributed by atoms with Crippen LogP contribution >= 0.6 is 0 Å². The molecule has 0 aromatic rings. The maximum atomic E-state index is 11.7. The van der Waals surface area contributed by atoms with Gasteiger partial charge in [-0.1, -0.05) is 12.8 Å². The van der Waals surface area contributed by atoms with Crippen LogP contribution in [0.4, 0.5) is 0 Å². The molecule has 3 N–H and O–H groups in total. The average Bonchev–Trinajstić information content (AvgIpc) is 2.89. The standard InChI is InChI=1S/C15H29N3O/c1-11(2)18-15(19)10-17-14-7-4-3-6-12(14)13-8-5-9-16-13/h11-14,16-17H,3-10H2,1-2H3,(H,18,19). The van der Waals surface area contributed by atoms with Crippen molar-refractivity contribution < 1.29 is 4.79 Å². The highest BCUT2D eigenvalue weighted by molar-refractivity contribution is 5.78. The highest BCUT2D eigenvalue weighted by Gasteiger charge is 2.33. The highest BCUT2D eigenvalue weighted by atomic mass is 16.1. The summed E-state index contributed by atoms with van der Waals surface area (Å²) in [5.74, 6) is 0.835. The molecule has 0 spiro atoms. The van der Waals surface area contributed by atoms with Gasteiger partial charge in [-0.3, -0.25) is 4.79 Å². The SMILES string of the molecule is CC(C)NC(=O)CNC1CCCCC1C1CCCN1. The summed E-state index contributed by atoms with van der Waals surface area (Å²) in [6.45, 7) is 5.64. The monoisotopic (exact) mass is 267 g/mol. The molecule has 1 heterocycles. The van der Waals surface area contributed by atoms with Crippen LogP contribution < -0.4 is 16.0 Å². The van der Waals surface area contributed by atoms with Crippen LogP contribution in [0.2, 0.25) is 0 Å². The largest absolute Gasteiger partial charge is 0.353 e. The lowest BCUT2D eigenvalue weighted by Crippen LogP contribution is -2.50. The summed E-state index contributed by atoms with van der Waals surface area (Å²) in [5.41, 5.74) is 0. The van der Waals surface area contributed by atoms with Crippen LogP contribution in [0.3, 0.4) is 0 Å². The first-order chi connectivity index (χ1) is 9.16. The van der Waals surface area contributed by atoms with Crippen molar-refractivity contribution in [3.8, 4) is 0 Å². The van der Waals surface area contributed by atoms with Gasteiger partial charge in [0.2, 0.25) is 5.91 Å². The number of amides is 1. The summed E-state index contributed by atoms with van der Waals surface area (Å²) in [4.78, 5) is 11.7. The molecule has 3 unspecified atom stereocenters. The van der Waals surface area contributed by atoms with Gasteiger partial charge in [-0.15, -0.1) is 0 Å². The van der Waals surface area contributed by atoms with Crippen LogP contribution in [0, 0.1) is 5.92 Å². The Morgan fingerprint density at radius 3 is 2.68 bits per heavy atom. The van der Waals surface area contributed by atoms with Crippen molar-refractivity contribution in [2.24, 2.45) is 5.92 Å². The smallest absolute Gasteiger partial charge is 0.234 e. The van der Waals surface area contributed by atoms with Gasteiger partial charge in [0.15, 0.2) is 0 Å². The fourth-order valence-corrected chi connectivity index (χ4v) is 3.57. The minimum absolute atomic E-state index is 0.124. The molecule has 110 valence electrons. The van der Waals surface area contributed by atoms with Crippen LogP contribution in [-0.2, 0) is 4.79 Å². The van der Waals surface area contributed by atoms with E-state index in [1.165, 1.54) is 45.1 Å². The van der Waals surface area contributed by atoms with Crippen molar-refractivity contribution in [2.75, 3.05) is 13.1 Å². The van der Waals surface area contributed by atoms with E-state index in [0.717, 1.165) is 0 Å². The number of hydrogen-bond acceptors (Lipinski definition) is 3. The molecule has 2 rings (SSSR count). The zero-order chi connectivity index (χ0) is 13.7. The van der Waals surface area contributed by atoms with Crippen molar-refractivity contribution in [1.82, 2.24) is 16.0 Å². The van der Waals surface area contributed by atoms with Gasteiger partial charge in [0.05, 0.1) is 6.54 Å². The Morgan fingerprint density at radius 1 is 1.21 bits per heavy atom. The van der Waals surface area contributed by atoms with Crippen LogP contribution in [0.1, 0.15) is 52.4 Å². The molecule has 2 aliphatic rings. The fraction of sp³-hybridized carbons (Fsp3) is 0.933. The van der Waals surface area contributed by atoms with Crippen molar-refractivity contribution in [3.05, 3.63) is 0 Å². The fourth-order valence-electron chi connectivity index (χ4n) is 3.57. The molecule has 1 saturated heterocycles. The first-order valence-electron chi connectivity index (χ1n) is 7.93. The lowest BCUT2D eigenvalue weighted by Gasteiger charge is -2.36. The summed E-state index contributed by atoms with van der Waals surface area (Å²) >= 11 is 0. The molecule has 0 aromatic carbocycles. The Labute approximate surface area is 117 Å². The molecular weight excluding hydrogens is 238 g/mol. The molecule has 1 aliphatic carbocycles. The van der Waals surface area contributed by atoms with E-state index in [2.05, 4.69) is 16.0 Å². The summed E-state index contributed by atoms with van der Waals surface area (Å²) in [6.07, 6.45) is 7.79. The molecule has 2 fully saturated rings. The summed E-state index contributed by atoms with van der Waals surface area (Å²) in [7, 11) is 0. The Hall–Kier alpha value is -0.610. The number of nitrogens with one attached hydrogen (secondary N) is 3. The van der Waals surface area contributed by atoms with Crippen molar-refractivity contribution in [2.45, 2.75) is 70.5 Å². The second-order valence-corrected chi connectivity index (χ2v) is 6.36. The van der Waals surface area contributed by atoms with Gasteiger partial charge in [-0.05, 0) is 52.0 Å². The number of carbonyl (C=O) groups excluding carboxylic acids is 1. The summed E-state index contributed by atoms with van der Waals surface area (Å²) in [5, 5.41) is 10.1. The topological polar surface area (TPSA) is 53.2 Å². The van der Waals surface area contributed by atoms with E-state index >= 15 is 0 Å². The third-order valence-corrected chi connectivity index (χ3v) is 4.41. The Bertz CT molecular complexity index is 287. The molecule has 4 heteroatoms. The number of hydrogen-bond donors (Lipinski definition) is 3. The van der Waals surface area contributed by atoms with Crippen LogP contribution in [0.5, 0.6) is 0 Å². The quantitative estimate of drug-likeness (QED) is 0.706. The van der Waals surface area contributed by atoms with E-state index in [1.54, 1.807) is 0 Å². The van der Waals surface area contributed by atoms with Gasteiger partial charge in [0.25, 0.3) is 0 Å². The number of carbonyl (C=O) groups is 1. The van der Waals surface area contributed by atoms with Crippen molar-refractivity contribution >= 4 is 5.91 Å². The Kier molecular flexibility index (Phi) is 5.64. The second-order valence-electron chi connectivity index (χ2n) is 6.36. The molecule has 4 nitrogen and oxygen atoms in total. The zero-order valence-corrected chi connectivity index (χ0v) is 12.4. The first kappa shape index (κ1) is 14.8. The first-order valence-corrected chi connectivity index (χ1v) is 7.93. The number of rotatable bonds is 5. The summed E-state index contributed by atoms with van der Waals surface area (Å²) in [6, 6.07) is 1.42. The second kappa shape index (κ2) is 7.25. The highest BCUT2D eigenvalue weighted by Crippen LogP contribution is 2.30. The summed E-state index contributed by atoms with van der Waals surface area (Å²) < 4.78 is 0. The van der Waals surface area contributed by atoms with Crippen molar-refractivity contribution in [3.63, 3.8) is 0 Å². The predicted octanol–water partition coefficient (Wildman–Crippen LogP) is 1.41. The molecule has 1 amide bonds. The lowest BCUT2D eigenvalue weighted by atomic mass is 9.79. The van der Waals surface area contributed by atoms with Crippen LogP contribution in [0.15, 0.2) is 0 Å². The molecule has 1 aliphatic heterocycles. The van der Waals surface area contributed by atoms with Gasteiger partial charge in [0.1, 0.15) is 0 Å². The minimum atomic E-state index is 0.124. The maximum absolute atomic E-state index is 11.7. The third-order valence-electron chi connectivity index (χ3n) is 4.41. The molecular formula is C15H29N3O. The van der Waals surface area contributed by atoms with Gasteiger partial charge in [-0.2, -0.15) is 0 Å². The van der Waals surface area contributed by atoms with E-state index in [-0.39, 0.29) is 11.9 Å². The Morgan fingerprint density at radius 2 is 2.00 bits per heavy atom. The average molecular weight is 267 g/mol. The van der Waals surface area contributed by atoms with Gasteiger partial charge < -0.3 is 16.0 Å². The normalized spacial score (nSPS) is 31.6. The zero-order valence-electron chi connectivity index (χ0n) is 12.4.